The zero-order valence-electron chi connectivity index (χ0n) is 11.2. The fourth-order valence-corrected chi connectivity index (χ4v) is 2.42. The zero-order valence-corrected chi connectivity index (χ0v) is 12.0. The van der Waals surface area contributed by atoms with Gasteiger partial charge in [0.15, 0.2) is 0 Å². The van der Waals surface area contributed by atoms with Gasteiger partial charge in [-0.15, -0.1) is 0 Å². The van der Waals surface area contributed by atoms with Gasteiger partial charge < -0.3 is 9.84 Å². The first kappa shape index (κ1) is 13.9. The first-order chi connectivity index (χ1) is 10.2. The molecule has 2 aromatic carbocycles. The minimum atomic E-state index is -0.725. The average Bonchev–Trinajstić information content (AvgIpc) is 2.52. The molecule has 4 heteroatoms. The van der Waals surface area contributed by atoms with E-state index >= 15 is 0 Å². The van der Waals surface area contributed by atoms with Crippen molar-refractivity contribution in [1.82, 2.24) is 4.98 Å². The molecule has 1 heterocycles. The van der Waals surface area contributed by atoms with Gasteiger partial charge in [-0.05, 0) is 35.9 Å². The molecule has 0 saturated carbocycles. The highest BCUT2D eigenvalue weighted by molar-refractivity contribution is 6.30. The van der Waals surface area contributed by atoms with Crippen molar-refractivity contribution in [3.63, 3.8) is 0 Å². The zero-order chi connectivity index (χ0) is 14.7. The van der Waals surface area contributed by atoms with Gasteiger partial charge in [0.1, 0.15) is 18.5 Å². The Labute approximate surface area is 127 Å². The predicted octanol–water partition coefficient (Wildman–Crippen LogP) is 4.00. The molecule has 21 heavy (non-hydrogen) atoms. The van der Waals surface area contributed by atoms with Gasteiger partial charge in [-0.1, -0.05) is 35.9 Å². The second-order valence-corrected chi connectivity index (χ2v) is 5.14. The van der Waals surface area contributed by atoms with Crippen LogP contribution in [-0.2, 0) is 0 Å². The van der Waals surface area contributed by atoms with Crippen LogP contribution in [0, 0.1) is 0 Å². The van der Waals surface area contributed by atoms with E-state index in [0.29, 0.717) is 10.8 Å². The maximum absolute atomic E-state index is 10.4. The lowest BCUT2D eigenvalue weighted by Crippen LogP contribution is -2.10. The van der Waals surface area contributed by atoms with E-state index in [0.717, 1.165) is 16.5 Å². The molecule has 3 aromatic rings. The summed E-state index contributed by atoms with van der Waals surface area (Å²) in [4.78, 5) is 4.28. The van der Waals surface area contributed by atoms with Crippen LogP contribution in [-0.4, -0.2) is 16.7 Å². The Bertz CT molecular complexity index is 755. The average molecular weight is 300 g/mol. The second-order valence-electron chi connectivity index (χ2n) is 4.70. The van der Waals surface area contributed by atoms with Crippen molar-refractivity contribution in [1.29, 1.82) is 0 Å². The molecule has 0 aliphatic carbocycles. The molecule has 0 saturated heterocycles. The molecule has 106 valence electrons. The van der Waals surface area contributed by atoms with E-state index in [-0.39, 0.29) is 6.61 Å². The molecule has 3 rings (SSSR count). The van der Waals surface area contributed by atoms with E-state index in [2.05, 4.69) is 4.98 Å². The minimum absolute atomic E-state index is 0.161. The summed E-state index contributed by atoms with van der Waals surface area (Å²) in [5.41, 5.74) is 1.67. The van der Waals surface area contributed by atoms with E-state index in [9.17, 15) is 5.11 Å². The van der Waals surface area contributed by atoms with Gasteiger partial charge in [0.25, 0.3) is 0 Å². The van der Waals surface area contributed by atoms with Crippen molar-refractivity contribution in [2.24, 2.45) is 0 Å². The molecule has 0 aliphatic heterocycles. The van der Waals surface area contributed by atoms with Crippen molar-refractivity contribution in [3.05, 3.63) is 71.4 Å². The highest BCUT2D eigenvalue weighted by Crippen LogP contribution is 2.24. The van der Waals surface area contributed by atoms with Gasteiger partial charge in [0.05, 0.1) is 5.52 Å². The van der Waals surface area contributed by atoms with Crippen molar-refractivity contribution in [2.75, 3.05) is 6.61 Å². The SMILES string of the molecule is OC(COc1cccc(Cl)c1)c1cccc2ncccc12. The van der Waals surface area contributed by atoms with E-state index in [1.165, 1.54) is 0 Å². The summed E-state index contributed by atoms with van der Waals surface area (Å²) < 4.78 is 5.60. The quantitative estimate of drug-likeness (QED) is 0.792. The maximum atomic E-state index is 10.4. The van der Waals surface area contributed by atoms with Gasteiger partial charge in [-0.25, -0.2) is 0 Å². The van der Waals surface area contributed by atoms with E-state index in [4.69, 9.17) is 16.3 Å². The predicted molar refractivity (Wildman–Crippen MR) is 83.6 cm³/mol. The number of fused-ring (bicyclic) bond motifs is 1. The van der Waals surface area contributed by atoms with Crippen LogP contribution in [0.3, 0.4) is 0 Å². The van der Waals surface area contributed by atoms with Gasteiger partial charge in [0, 0.05) is 16.6 Å². The molecule has 0 radical (unpaired) electrons. The highest BCUT2D eigenvalue weighted by atomic mass is 35.5. The van der Waals surface area contributed by atoms with Crippen molar-refractivity contribution < 1.29 is 9.84 Å². The number of hydrogen-bond donors (Lipinski definition) is 1. The topological polar surface area (TPSA) is 42.4 Å². The monoisotopic (exact) mass is 299 g/mol. The number of aliphatic hydroxyl groups is 1. The summed E-state index contributed by atoms with van der Waals surface area (Å²) in [7, 11) is 0. The smallest absolute Gasteiger partial charge is 0.120 e. The van der Waals surface area contributed by atoms with E-state index in [1.54, 1.807) is 18.3 Å². The van der Waals surface area contributed by atoms with Crippen LogP contribution in [0.25, 0.3) is 10.9 Å². The number of hydrogen-bond acceptors (Lipinski definition) is 3. The lowest BCUT2D eigenvalue weighted by molar-refractivity contribution is 0.109. The third-order valence-corrected chi connectivity index (χ3v) is 3.48. The Balaban J connectivity index is 1.79. The fraction of sp³-hybridized carbons (Fsp3) is 0.118. The number of aliphatic hydroxyl groups excluding tert-OH is 1. The molecule has 1 aromatic heterocycles. The lowest BCUT2D eigenvalue weighted by Gasteiger charge is -2.14. The summed E-state index contributed by atoms with van der Waals surface area (Å²) in [5, 5.41) is 11.9. The van der Waals surface area contributed by atoms with Crippen molar-refractivity contribution in [2.45, 2.75) is 6.10 Å². The fourth-order valence-electron chi connectivity index (χ4n) is 2.24. The Hall–Kier alpha value is -2.10. The molecule has 0 fully saturated rings. The Morgan fingerprint density at radius 3 is 2.81 bits per heavy atom. The minimum Gasteiger partial charge on any atom is -0.490 e. The molecule has 3 nitrogen and oxygen atoms in total. The van der Waals surface area contributed by atoms with E-state index < -0.39 is 6.10 Å². The third-order valence-electron chi connectivity index (χ3n) is 3.24. The van der Waals surface area contributed by atoms with Crippen LogP contribution >= 0.6 is 11.6 Å². The second kappa shape index (κ2) is 6.12. The van der Waals surface area contributed by atoms with Crippen molar-refractivity contribution in [3.8, 4) is 5.75 Å². The Morgan fingerprint density at radius 1 is 1.10 bits per heavy atom. The summed E-state index contributed by atoms with van der Waals surface area (Å²) in [6.45, 7) is 0.161. The Morgan fingerprint density at radius 2 is 1.95 bits per heavy atom. The van der Waals surface area contributed by atoms with Crippen molar-refractivity contribution >= 4 is 22.5 Å². The summed E-state index contributed by atoms with van der Waals surface area (Å²) in [6.07, 6.45) is 1.01. The van der Waals surface area contributed by atoms with Gasteiger partial charge >= 0.3 is 0 Å². The molecule has 1 unspecified atom stereocenters. The molecular weight excluding hydrogens is 286 g/mol. The first-order valence-electron chi connectivity index (χ1n) is 6.64. The van der Waals surface area contributed by atoms with Crippen LogP contribution in [0.2, 0.25) is 5.02 Å². The molecular formula is C17H14ClNO2. The number of nitrogens with zero attached hydrogens (tertiary/aromatic N) is 1. The van der Waals surface area contributed by atoms with Crippen LogP contribution < -0.4 is 4.74 Å². The number of halogens is 1. The van der Waals surface area contributed by atoms with Crippen LogP contribution in [0.4, 0.5) is 0 Å². The molecule has 1 atom stereocenters. The molecule has 0 amide bonds. The summed E-state index contributed by atoms with van der Waals surface area (Å²) >= 11 is 5.90. The van der Waals surface area contributed by atoms with Gasteiger partial charge in [-0.3, -0.25) is 4.98 Å². The highest BCUT2D eigenvalue weighted by Gasteiger charge is 2.12. The number of pyridine rings is 1. The molecule has 0 aliphatic rings. The molecule has 1 N–H and O–H groups in total. The molecule has 0 bridgehead atoms. The molecule has 0 spiro atoms. The number of rotatable bonds is 4. The van der Waals surface area contributed by atoms with Gasteiger partial charge in [0.2, 0.25) is 0 Å². The summed E-state index contributed by atoms with van der Waals surface area (Å²) in [6, 6.07) is 16.6. The lowest BCUT2D eigenvalue weighted by atomic mass is 10.0. The Kier molecular flexibility index (Phi) is 4.04. The van der Waals surface area contributed by atoms with Crippen LogP contribution in [0.1, 0.15) is 11.7 Å². The van der Waals surface area contributed by atoms with Crippen LogP contribution in [0.5, 0.6) is 5.75 Å². The first-order valence-corrected chi connectivity index (χ1v) is 7.02. The standard InChI is InChI=1S/C17H14ClNO2/c18-12-4-1-5-13(10-12)21-11-17(20)15-6-2-8-16-14(15)7-3-9-19-16/h1-10,17,20H,11H2. The third kappa shape index (κ3) is 3.15. The number of ether oxygens (including phenoxy) is 1. The normalized spacial score (nSPS) is 12.3. The van der Waals surface area contributed by atoms with Gasteiger partial charge in [-0.2, -0.15) is 0 Å². The van der Waals surface area contributed by atoms with E-state index in [1.807, 2.05) is 42.5 Å². The van der Waals surface area contributed by atoms with Crippen LogP contribution in [0.15, 0.2) is 60.8 Å². The number of benzene rings is 2. The number of aromatic nitrogens is 1. The largest absolute Gasteiger partial charge is 0.490 e. The summed E-state index contributed by atoms with van der Waals surface area (Å²) in [5.74, 6) is 0.639. The maximum Gasteiger partial charge on any atom is 0.120 e.